The molecule has 0 bridgehead atoms. The minimum Gasteiger partial charge on any atom is -0.480 e. The highest BCUT2D eigenvalue weighted by molar-refractivity contribution is 5.97. The van der Waals surface area contributed by atoms with Crippen LogP contribution < -0.4 is 0 Å². The van der Waals surface area contributed by atoms with Crippen LogP contribution >= 0.6 is 0 Å². The van der Waals surface area contributed by atoms with Crippen LogP contribution in [0.3, 0.4) is 0 Å². The number of piperidine rings is 1. The van der Waals surface area contributed by atoms with E-state index >= 15 is 0 Å². The molecule has 114 valence electrons. The van der Waals surface area contributed by atoms with Crippen LogP contribution in [-0.4, -0.2) is 44.7 Å². The molecule has 0 radical (unpaired) electrons. The Bertz CT molecular complexity index is 664. The van der Waals surface area contributed by atoms with Crippen molar-refractivity contribution in [2.24, 2.45) is 0 Å². The molecule has 0 saturated carbocycles. The summed E-state index contributed by atoms with van der Waals surface area (Å²) in [5, 5.41) is 16.0. The average molecular weight is 299 g/mol. The lowest BCUT2D eigenvalue weighted by atomic mass is 10.0. The number of hydrogen-bond donors (Lipinski definition) is 2. The number of rotatable bonds is 3. The van der Waals surface area contributed by atoms with Crippen molar-refractivity contribution in [2.75, 3.05) is 6.54 Å². The predicted octanol–water partition coefficient (Wildman–Crippen LogP) is 2.16. The summed E-state index contributed by atoms with van der Waals surface area (Å²) in [4.78, 5) is 25.3. The van der Waals surface area contributed by atoms with Gasteiger partial charge >= 0.3 is 5.97 Å². The SMILES string of the molecule is O=C(O)C1CCCCN1C(=O)c1ccc(-c2ccn[nH]2)cc1. The van der Waals surface area contributed by atoms with Gasteiger partial charge < -0.3 is 10.0 Å². The molecule has 0 spiro atoms. The lowest BCUT2D eigenvalue weighted by Gasteiger charge is -2.33. The highest BCUT2D eigenvalue weighted by Crippen LogP contribution is 2.22. The number of likely N-dealkylation sites (tertiary alicyclic amines) is 1. The van der Waals surface area contributed by atoms with Crippen molar-refractivity contribution in [1.29, 1.82) is 0 Å². The Labute approximate surface area is 127 Å². The molecule has 1 unspecified atom stereocenters. The Balaban J connectivity index is 1.81. The number of nitrogens with one attached hydrogen (secondary N) is 1. The van der Waals surface area contributed by atoms with E-state index in [4.69, 9.17) is 0 Å². The summed E-state index contributed by atoms with van der Waals surface area (Å²) >= 11 is 0. The minimum absolute atomic E-state index is 0.219. The molecule has 1 atom stereocenters. The number of carbonyl (C=O) groups is 2. The molecule has 1 aliphatic rings. The van der Waals surface area contributed by atoms with Gasteiger partial charge in [-0.25, -0.2) is 4.79 Å². The van der Waals surface area contributed by atoms with Gasteiger partial charge in [0.05, 0.1) is 5.69 Å². The van der Waals surface area contributed by atoms with Crippen molar-refractivity contribution in [3.63, 3.8) is 0 Å². The van der Waals surface area contributed by atoms with Crippen molar-refractivity contribution in [2.45, 2.75) is 25.3 Å². The molecule has 1 saturated heterocycles. The zero-order valence-electron chi connectivity index (χ0n) is 12.0. The van der Waals surface area contributed by atoms with Gasteiger partial charge in [0.15, 0.2) is 0 Å². The van der Waals surface area contributed by atoms with Crippen molar-refractivity contribution in [3.05, 3.63) is 42.1 Å². The molecule has 3 rings (SSSR count). The summed E-state index contributed by atoms with van der Waals surface area (Å²) in [6.07, 6.45) is 3.88. The van der Waals surface area contributed by atoms with E-state index in [1.165, 1.54) is 4.90 Å². The summed E-state index contributed by atoms with van der Waals surface area (Å²) < 4.78 is 0. The second-order valence-corrected chi connectivity index (χ2v) is 5.40. The normalized spacial score (nSPS) is 18.2. The van der Waals surface area contributed by atoms with E-state index in [0.29, 0.717) is 18.5 Å². The zero-order chi connectivity index (χ0) is 15.5. The molecule has 1 aliphatic heterocycles. The number of aromatic nitrogens is 2. The monoisotopic (exact) mass is 299 g/mol. The van der Waals surface area contributed by atoms with Gasteiger partial charge in [-0.05, 0) is 43.0 Å². The van der Waals surface area contributed by atoms with E-state index in [-0.39, 0.29) is 5.91 Å². The number of aromatic amines is 1. The Morgan fingerprint density at radius 2 is 1.95 bits per heavy atom. The molecule has 6 heteroatoms. The number of H-pyrrole nitrogens is 1. The van der Waals surface area contributed by atoms with Crippen LogP contribution in [0.4, 0.5) is 0 Å². The number of benzene rings is 1. The van der Waals surface area contributed by atoms with Crippen molar-refractivity contribution in [3.8, 4) is 11.3 Å². The molecule has 0 aliphatic carbocycles. The van der Waals surface area contributed by atoms with Gasteiger partial charge in [-0.15, -0.1) is 0 Å². The Morgan fingerprint density at radius 1 is 1.18 bits per heavy atom. The van der Waals surface area contributed by atoms with Gasteiger partial charge in [0.2, 0.25) is 0 Å². The van der Waals surface area contributed by atoms with Crippen LogP contribution in [0.15, 0.2) is 36.5 Å². The fourth-order valence-electron chi connectivity index (χ4n) is 2.81. The van der Waals surface area contributed by atoms with Crippen LogP contribution in [0.25, 0.3) is 11.3 Å². The number of nitrogens with zero attached hydrogens (tertiary/aromatic N) is 2. The predicted molar refractivity (Wildman–Crippen MR) is 80.3 cm³/mol. The first-order chi connectivity index (χ1) is 10.7. The smallest absolute Gasteiger partial charge is 0.326 e. The average Bonchev–Trinajstić information content (AvgIpc) is 3.09. The van der Waals surface area contributed by atoms with Gasteiger partial charge in [0, 0.05) is 18.3 Å². The first-order valence-corrected chi connectivity index (χ1v) is 7.30. The molecule has 2 heterocycles. The molecule has 1 aromatic heterocycles. The van der Waals surface area contributed by atoms with Gasteiger partial charge in [-0.2, -0.15) is 5.10 Å². The van der Waals surface area contributed by atoms with E-state index in [1.54, 1.807) is 18.3 Å². The third-order valence-electron chi connectivity index (χ3n) is 3.99. The van der Waals surface area contributed by atoms with E-state index in [9.17, 15) is 14.7 Å². The summed E-state index contributed by atoms with van der Waals surface area (Å²) in [5.41, 5.74) is 2.32. The molecule has 6 nitrogen and oxygen atoms in total. The van der Waals surface area contributed by atoms with Crippen LogP contribution in [0.5, 0.6) is 0 Å². The molecular weight excluding hydrogens is 282 g/mol. The van der Waals surface area contributed by atoms with Crippen molar-refractivity contribution in [1.82, 2.24) is 15.1 Å². The topological polar surface area (TPSA) is 86.3 Å². The first-order valence-electron chi connectivity index (χ1n) is 7.30. The van der Waals surface area contributed by atoms with Crippen molar-refractivity contribution < 1.29 is 14.7 Å². The largest absolute Gasteiger partial charge is 0.480 e. The highest BCUT2D eigenvalue weighted by atomic mass is 16.4. The summed E-state index contributed by atoms with van der Waals surface area (Å²) in [6, 6.07) is 8.26. The second-order valence-electron chi connectivity index (χ2n) is 5.40. The summed E-state index contributed by atoms with van der Waals surface area (Å²) in [5.74, 6) is -1.15. The van der Waals surface area contributed by atoms with E-state index < -0.39 is 12.0 Å². The van der Waals surface area contributed by atoms with Gasteiger partial charge in [-0.1, -0.05) is 12.1 Å². The number of amides is 1. The molecule has 2 aromatic rings. The minimum atomic E-state index is -0.929. The van der Waals surface area contributed by atoms with Crippen LogP contribution in [0.1, 0.15) is 29.6 Å². The molecular formula is C16H17N3O3. The van der Waals surface area contributed by atoms with Gasteiger partial charge in [0.25, 0.3) is 5.91 Å². The maximum atomic E-state index is 12.6. The maximum absolute atomic E-state index is 12.6. The van der Waals surface area contributed by atoms with Crippen LogP contribution in [0.2, 0.25) is 0 Å². The lowest BCUT2D eigenvalue weighted by molar-refractivity contribution is -0.143. The molecule has 1 fully saturated rings. The number of aliphatic carboxylic acids is 1. The van der Waals surface area contributed by atoms with Crippen molar-refractivity contribution >= 4 is 11.9 Å². The standard InChI is InChI=1S/C16H17N3O3/c20-15(19-10-2-1-3-14(19)16(21)22)12-6-4-11(5-7-12)13-8-9-17-18-13/h4-9,14H,1-3,10H2,(H,17,18)(H,21,22). The number of carboxylic acid groups (broad SMARTS) is 1. The van der Waals surface area contributed by atoms with Gasteiger partial charge in [0.1, 0.15) is 6.04 Å². The third-order valence-corrected chi connectivity index (χ3v) is 3.99. The fraction of sp³-hybridized carbons (Fsp3) is 0.312. The summed E-state index contributed by atoms with van der Waals surface area (Å²) in [7, 11) is 0. The lowest BCUT2D eigenvalue weighted by Crippen LogP contribution is -2.47. The molecule has 1 aromatic carbocycles. The summed E-state index contributed by atoms with van der Waals surface area (Å²) in [6.45, 7) is 0.498. The first kappa shape index (κ1) is 14.3. The Kier molecular flexibility index (Phi) is 3.91. The Hall–Kier alpha value is -2.63. The highest BCUT2D eigenvalue weighted by Gasteiger charge is 2.32. The van der Waals surface area contributed by atoms with Crippen LogP contribution in [-0.2, 0) is 4.79 Å². The van der Waals surface area contributed by atoms with Crippen LogP contribution in [0, 0.1) is 0 Å². The fourth-order valence-corrected chi connectivity index (χ4v) is 2.81. The number of carbonyl (C=O) groups excluding carboxylic acids is 1. The third kappa shape index (κ3) is 2.72. The van der Waals surface area contributed by atoms with E-state index in [2.05, 4.69) is 10.2 Å². The molecule has 22 heavy (non-hydrogen) atoms. The number of hydrogen-bond acceptors (Lipinski definition) is 3. The zero-order valence-corrected chi connectivity index (χ0v) is 12.0. The number of carboxylic acids is 1. The maximum Gasteiger partial charge on any atom is 0.326 e. The Morgan fingerprint density at radius 3 is 2.59 bits per heavy atom. The second kappa shape index (κ2) is 6.01. The quantitative estimate of drug-likeness (QED) is 0.909. The molecule has 2 N–H and O–H groups in total. The van der Waals surface area contributed by atoms with Gasteiger partial charge in [-0.3, -0.25) is 9.89 Å². The van der Waals surface area contributed by atoms with E-state index in [0.717, 1.165) is 24.1 Å². The molecule has 1 amide bonds. The van der Waals surface area contributed by atoms with E-state index in [1.807, 2.05) is 18.2 Å².